The summed E-state index contributed by atoms with van der Waals surface area (Å²) in [5, 5.41) is 9.51. The number of thioether (sulfide) groups is 1. The lowest BCUT2D eigenvalue weighted by Crippen LogP contribution is -2.51. The highest BCUT2D eigenvalue weighted by Gasteiger charge is 2.32. The maximum absolute atomic E-state index is 12.9. The van der Waals surface area contributed by atoms with E-state index < -0.39 is 0 Å². The number of aliphatic hydroxyl groups is 1. The van der Waals surface area contributed by atoms with Crippen LogP contribution in [-0.4, -0.2) is 71.7 Å². The summed E-state index contributed by atoms with van der Waals surface area (Å²) >= 11 is 1.69. The van der Waals surface area contributed by atoms with Crippen molar-refractivity contribution in [3.05, 3.63) is 30.1 Å². The minimum absolute atomic E-state index is 0.0222. The van der Waals surface area contributed by atoms with Crippen molar-refractivity contribution in [3.8, 4) is 0 Å². The van der Waals surface area contributed by atoms with Crippen LogP contribution in [-0.2, 0) is 4.74 Å². The second kappa shape index (κ2) is 7.51. The highest BCUT2D eigenvalue weighted by molar-refractivity contribution is 8.00. The van der Waals surface area contributed by atoms with Crippen molar-refractivity contribution in [1.29, 1.82) is 0 Å². The molecule has 1 aromatic carbocycles. The van der Waals surface area contributed by atoms with Crippen LogP contribution in [0.4, 0.5) is 9.18 Å². The molecule has 2 heterocycles. The molecule has 2 aliphatic heterocycles. The Balaban J connectivity index is 1.52. The predicted octanol–water partition coefficient (Wildman–Crippen LogP) is 1.81. The minimum Gasteiger partial charge on any atom is -0.394 e. The molecule has 5 nitrogen and oxygen atoms in total. The number of halogens is 1. The van der Waals surface area contributed by atoms with Crippen LogP contribution >= 0.6 is 11.8 Å². The van der Waals surface area contributed by atoms with Gasteiger partial charge in [0.2, 0.25) is 0 Å². The molecule has 1 unspecified atom stereocenters. The Kier molecular flexibility index (Phi) is 5.40. The van der Waals surface area contributed by atoms with E-state index >= 15 is 0 Å². The maximum atomic E-state index is 12.9. The van der Waals surface area contributed by atoms with E-state index in [1.165, 1.54) is 12.1 Å². The van der Waals surface area contributed by atoms with Crippen LogP contribution in [0, 0.1) is 5.82 Å². The summed E-state index contributed by atoms with van der Waals surface area (Å²) in [5.74, 6) is -0.233. The quantitative estimate of drug-likeness (QED) is 0.912. The van der Waals surface area contributed by atoms with Crippen LogP contribution in [0.5, 0.6) is 0 Å². The molecule has 0 aliphatic carbocycles. The van der Waals surface area contributed by atoms with Crippen LogP contribution in [0.1, 0.15) is 6.42 Å². The SMILES string of the molecule is O=C(N1CCC(Sc2ccc(F)cc2)C1)N1CCO[C@@H](CO)C1. The van der Waals surface area contributed by atoms with Gasteiger partial charge in [0.15, 0.2) is 0 Å². The van der Waals surface area contributed by atoms with Gasteiger partial charge in [-0.1, -0.05) is 0 Å². The number of aliphatic hydroxyl groups excluding tert-OH is 1. The number of benzene rings is 1. The lowest BCUT2D eigenvalue weighted by Gasteiger charge is -2.34. The predicted molar refractivity (Wildman–Crippen MR) is 86.0 cm³/mol. The summed E-state index contributed by atoms with van der Waals surface area (Å²) in [6, 6.07) is 6.50. The van der Waals surface area contributed by atoms with Crippen molar-refractivity contribution in [3.63, 3.8) is 0 Å². The molecule has 2 amide bonds. The first-order valence-corrected chi connectivity index (χ1v) is 8.72. The van der Waals surface area contributed by atoms with Crippen molar-refractivity contribution in [2.75, 3.05) is 39.4 Å². The van der Waals surface area contributed by atoms with Crippen LogP contribution in [0.2, 0.25) is 0 Å². The first kappa shape index (κ1) is 16.5. The third-order valence-electron chi connectivity index (χ3n) is 4.14. The molecule has 0 radical (unpaired) electrons. The van der Waals surface area contributed by atoms with Gasteiger partial charge in [-0.3, -0.25) is 0 Å². The van der Waals surface area contributed by atoms with E-state index in [4.69, 9.17) is 4.74 Å². The van der Waals surface area contributed by atoms with E-state index in [9.17, 15) is 14.3 Å². The Morgan fingerprint density at radius 1 is 1.26 bits per heavy atom. The van der Waals surface area contributed by atoms with Gasteiger partial charge in [0, 0.05) is 29.8 Å². The van der Waals surface area contributed by atoms with Crippen molar-refractivity contribution >= 4 is 17.8 Å². The molecule has 0 bridgehead atoms. The Morgan fingerprint density at radius 3 is 2.74 bits per heavy atom. The van der Waals surface area contributed by atoms with E-state index in [2.05, 4.69) is 0 Å². The van der Waals surface area contributed by atoms with Crippen LogP contribution in [0.15, 0.2) is 29.2 Å². The smallest absolute Gasteiger partial charge is 0.320 e. The van der Waals surface area contributed by atoms with Gasteiger partial charge >= 0.3 is 6.03 Å². The van der Waals surface area contributed by atoms with E-state index in [0.717, 1.165) is 17.9 Å². The molecule has 2 atom stereocenters. The summed E-state index contributed by atoms with van der Waals surface area (Å²) in [7, 11) is 0. The zero-order chi connectivity index (χ0) is 16.2. The van der Waals surface area contributed by atoms with Gasteiger partial charge in [0.05, 0.1) is 25.9 Å². The number of morpholine rings is 1. The molecule has 126 valence electrons. The largest absolute Gasteiger partial charge is 0.394 e. The average Bonchev–Trinajstić information content (AvgIpc) is 3.05. The van der Waals surface area contributed by atoms with Gasteiger partial charge in [-0.15, -0.1) is 11.8 Å². The summed E-state index contributed by atoms with van der Waals surface area (Å²) in [6.45, 7) is 2.86. The number of hydrogen-bond donors (Lipinski definition) is 1. The Hall–Kier alpha value is -1.31. The highest BCUT2D eigenvalue weighted by Crippen LogP contribution is 2.30. The number of carbonyl (C=O) groups is 1. The first-order chi connectivity index (χ1) is 11.2. The number of carbonyl (C=O) groups excluding carboxylic acids is 1. The molecular weight excluding hydrogens is 319 g/mol. The number of hydrogen-bond acceptors (Lipinski definition) is 4. The maximum Gasteiger partial charge on any atom is 0.320 e. The van der Waals surface area contributed by atoms with Gasteiger partial charge in [-0.2, -0.15) is 0 Å². The van der Waals surface area contributed by atoms with Gasteiger partial charge in [0.25, 0.3) is 0 Å². The first-order valence-electron chi connectivity index (χ1n) is 7.84. The molecule has 23 heavy (non-hydrogen) atoms. The van der Waals surface area contributed by atoms with Gasteiger partial charge in [0.1, 0.15) is 5.82 Å². The second-order valence-corrected chi connectivity index (χ2v) is 7.21. The molecule has 0 aromatic heterocycles. The van der Waals surface area contributed by atoms with E-state index in [1.54, 1.807) is 28.8 Å². The summed E-state index contributed by atoms with van der Waals surface area (Å²) < 4.78 is 18.3. The van der Waals surface area contributed by atoms with Crippen LogP contribution in [0.25, 0.3) is 0 Å². The van der Waals surface area contributed by atoms with Crippen molar-refractivity contribution in [1.82, 2.24) is 9.80 Å². The molecule has 7 heteroatoms. The number of nitrogens with zero attached hydrogens (tertiary/aromatic N) is 2. The summed E-state index contributed by atoms with van der Waals surface area (Å²) in [5.41, 5.74) is 0. The number of likely N-dealkylation sites (tertiary alicyclic amines) is 1. The fourth-order valence-corrected chi connectivity index (χ4v) is 4.06. The topological polar surface area (TPSA) is 53.0 Å². The number of rotatable bonds is 3. The normalized spacial score (nSPS) is 25.0. The lowest BCUT2D eigenvalue weighted by molar-refractivity contribution is -0.0433. The lowest BCUT2D eigenvalue weighted by atomic mass is 10.3. The molecule has 0 saturated carbocycles. The standard InChI is InChI=1S/C16H21FN2O3S/c17-12-1-3-14(4-2-12)23-15-5-6-18(10-15)16(21)19-7-8-22-13(9-19)11-20/h1-4,13,15,20H,5-11H2/t13-,15?/m1/s1. The van der Waals surface area contributed by atoms with E-state index in [-0.39, 0.29) is 24.6 Å². The van der Waals surface area contributed by atoms with Crippen LogP contribution in [0.3, 0.4) is 0 Å². The number of ether oxygens (including phenoxy) is 1. The summed E-state index contributed by atoms with van der Waals surface area (Å²) in [6.07, 6.45) is 0.654. The number of urea groups is 1. The average molecular weight is 340 g/mol. The zero-order valence-electron chi connectivity index (χ0n) is 12.9. The molecular formula is C16H21FN2O3S. The van der Waals surface area contributed by atoms with Gasteiger partial charge in [-0.05, 0) is 30.7 Å². The highest BCUT2D eigenvalue weighted by atomic mass is 32.2. The van der Waals surface area contributed by atoms with Crippen molar-refractivity contribution < 1.29 is 19.0 Å². The summed E-state index contributed by atoms with van der Waals surface area (Å²) in [4.78, 5) is 17.2. The monoisotopic (exact) mass is 340 g/mol. The fourth-order valence-electron chi connectivity index (χ4n) is 2.91. The van der Waals surface area contributed by atoms with E-state index in [1.807, 2.05) is 4.90 Å². The molecule has 1 N–H and O–H groups in total. The molecule has 3 rings (SSSR count). The third-order valence-corrected chi connectivity index (χ3v) is 5.41. The second-order valence-electron chi connectivity index (χ2n) is 5.83. The van der Waals surface area contributed by atoms with Gasteiger partial charge in [-0.25, -0.2) is 9.18 Å². The number of amides is 2. The van der Waals surface area contributed by atoms with Gasteiger partial charge < -0.3 is 19.6 Å². The molecule has 0 spiro atoms. The molecule has 1 aromatic rings. The molecule has 2 saturated heterocycles. The van der Waals surface area contributed by atoms with Crippen LogP contribution < -0.4 is 0 Å². The minimum atomic E-state index is -0.278. The zero-order valence-corrected chi connectivity index (χ0v) is 13.7. The van der Waals surface area contributed by atoms with Crippen molar-refractivity contribution in [2.45, 2.75) is 22.7 Å². The van der Waals surface area contributed by atoms with Crippen molar-refractivity contribution in [2.24, 2.45) is 0 Å². The Bertz CT molecular complexity index is 543. The van der Waals surface area contributed by atoms with E-state index in [0.29, 0.717) is 31.5 Å². The molecule has 2 fully saturated rings. The third kappa shape index (κ3) is 4.16. The fraction of sp³-hybridized carbons (Fsp3) is 0.562. The molecule has 2 aliphatic rings. The Morgan fingerprint density at radius 2 is 2.00 bits per heavy atom. The Labute approximate surface area is 139 Å².